The van der Waals surface area contributed by atoms with Gasteiger partial charge in [0.05, 0.1) is 28.1 Å². The minimum atomic E-state index is -0.0284. The molecular weight excluding hydrogens is 1520 g/mol. The van der Waals surface area contributed by atoms with E-state index in [2.05, 4.69) is 245 Å². The fourth-order valence-corrected chi connectivity index (χ4v) is 17.5. The number of aromatic nitrogens is 12. The molecule has 0 fully saturated rings. The Labute approximate surface area is 715 Å². The number of hydrogen-bond donors (Lipinski definition) is 0. The van der Waals surface area contributed by atoms with Gasteiger partial charge in [-0.2, -0.15) is 0 Å². The van der Waals surface area contributed by atoms with Crippen LogP contribution in [0, 0.1) is 0 Å². The first-order chi connectivity index (χ1) is 61.4. The molecule has 2 aliphatic heterocycles. The average molecular weight is 1590 g/mol. The van der Waals surface area contributed by atoms with Crippen molar-refractivity contribution in [2.75, 3.05) is 9.80 Å². The number of hydrogen-bond acceptors (Lipinski definition) is 13. The third-order valence-corrected chi connectivity index (χ3v) is 23.3. The van der Waals surface area contributed by atoms with Crippen LogP contribution in [0.25, 0.3) is 175 Å². The van der Waals surface area contributed by atoms with Crippen LogP contribution < -0.4 is 26.2 Å². The van der Waals surface area contributed by atoms with Crippen LogP contribution in [-0.4, -0.2) is 66.1 Å². The van der Waals surface area contributed by atoms with Crippen molar-refractivity contribution in [2.24, 2.45) is 0 Å². The molecule has 124 heavy (non-hydrogen) atoms. The van der Waals surface area contributed by atoms with Gasteiger partial charge in [0.2, 0.25) is 0 Å². The fraction of sp³-hybridized carbons (Fsp3) is 0. The monoisotopic (exact) mass is 1580 g/mol. The highest BCUT2D eigenvalue weighted by Gasteiger charge is 2.43. The number of nitrogens with zero attached hydrogens (tertiary/aromatic N) is 14. The second kappa shape index (κ2) is 30.8. The molecule has 5 aromatic heterocycles. The maximum atomic E-state index is 5.83. The molecule has 0 saturated carbocycles. The summed E-state index contributed by atoms with van der Waals surface area (Å²) in [7, 11) is 0. The highest BCUT2D eigenvalue weighted by molar-refractivity contribution is 7.00. The summed E-state index contributed by atoms with van der Waals surface area (Å²) in [6, 6.07) is 145. The van der Waals surface area contributed by atoms with E-state index in [1.807, 2.05) is 188 Å². The van der Waals surface area contributed by atoms with Gasteiger partial charge < -0.3 is 14.4 Å². The van der Waals surface area contributed by atoms with Gasteiger partial charge in [-0.15, -0.1) is 0 Å². The van der Waals surface area contributed by atoms with Crippen molar-refractivity contribution in [1.82, 2.24) is 59.4 Å². The molecule has 15 heteroatoms. The van der Waals surface area contributed by atoms with Gasteiger partial charge in [0.25, 0.3) is 6.71 Å². The number of rotatable bonds is 16. The summed E-state index contributed by atoms with van der Waals surface area (Å²) in [6.45, 7) is -0.0284. The highest BCUT2D eigenvalue weighted by atomic mass is 15.2. The van der Waals surface area contributed by atoms with Crippen LogP contribution in [-0.2, 0) is 0 Å². The second-order valence-corrected chi connectivity index (χ2v) is 30.9. The van der Waals surface area contributed by atoms with Gasteiger partial charge in [0.15, 0.2) is 58.2 Å². The van der Waals surface area contributed by atoms with Crippen molar-refractivity contribution < 1.29 is 0 Å². The van der Waals surface area contributed by atoms with Gasteiger partial charge in [0.1, 0.15) is 0 Å². The zero-order valence-electron chi connectivity index (χ0n) is 66.7. The summed E-state index contributed by atoms with van der Waals surface area (Å²) in [6.07, 6.45) is 0. The molecule has 0 saturated heterocycles. The number of benzene rings is 16. The van der Waals surface area contributed by atoms with Crippen molar-refractivity contribution in [3.63, 3.8) is 0 Å². The Morgan fingerprint density at radius 2 is 0.460 bits per heavy atom. The zero-order chi connectivity index (χ0) is 82.0. The van der Waals surface area contributed by atoms with Gasteiger partial charge in [-0.3, -0.25) is 0 Å². The van der Waals surface area contributed by atoms with Crippen LogP contribution in [0.5, 0.6) is 0 Å². The summed E-state index contributed by atoms with van der Waals surface area (Å²) < 4.78 is 2.32. The molecule has 16 aromatic carbocycles. The van der Waals surface area contributed by atoms with E-state index >= 15 is 0 Å². The quantitative estimate of drug-likeness (QED) is 0.0844. The lowest BCUT2D eigenvalue weighted by atomic mass is 9.33. The van der Waals surface area contributed by atoms with Crippen molar-refractivity contribution in [2.45, 2.75) is 0 Å². The normalized spacial score (nSPS) is 12.0. The predicted octanol–water partition coefficient (Wildman–Crippen LogP) is 23.9. The number of para-hydroxylation sites is 4. The molecule has 2 aliphatic rings. The lowest BCUT2D eigenvalue weighted by Gasteiger charge is -2.44. The van der Waals surface area contributed by atoms with E-state index in [0.717, 1.165) is 140 Å². The molecule has 0 radical (unpaired) electrons. The van der Waals surface area contributed by atoms with Crippen LogP contribution in [0.15, 0.2) is 419 Å². The topological polar surface area (TPSA) is 153 Å². The van der Waals surface area contributed by atoms with Crippen molar-refractivity contribution in [1.29, 1.82) is 0 Å². The summed E-state index contributed by atoms with van der Waals surface area (Å²) in [4.78, 5) is 63.8. The summed E-state index contributed by atoms with van der Waals surface area (Å²) >= 11 is 0. The van der Waals surface area contributed by atoms with Gasteiger partial charge in [0, 0.05) is 112 Å². The summed E-state index contributed by atoms with van der Waals surface area (Å²) in [5.74, 6) is 5.22. The van der Waals surface area contributed by atoms with E-state index in [9.17, 15) is 0 Å². The first-order valence-corrected chi connectivity index (χ1v) is 41.4. The Hall–Kier alpha value is -16.9. The lowest BCUT2D eigenvalue weighted by molar-refractivity contribution is 1.07. The Kier molecular flexibility index (Phi) is 18.0. The molecule has 0 atom stereocenters. The molecule has 0 N–H and O–H groups in total. The third kappa shape index (κ3) is 13.2. The smallest absolute Gasteiger partial charge is 0.252 e. The molecule has 14 nitrogen and oxygen atoms in total. The summed E-state index contributed by atoms with van der Waals surface area (Å²) in [5.41, 5.74) is 26.5. The maximum absolute atomic E-state index is 5.83. The molecule has 0 aliphatic carbocycles. The summed E-state index contributed by atoms with van der Waals surface area (Å²) in [5, 5.41) is 1.81. The van der Waals surface area contributed by atoms with Crippen LogP contribution in [0.1, 0.15) is 0 Å². The second-order valence-electron chi connectivity index (χ2n) is 30.9. The van der Waals surface area contributed by atoms with Crippen molar-refractivity contribution in [3.05, 3.63) is 419 Å². The minimum Gasteiger partial charge on any atom is -0.311 e. The maximum Gasteiger partial charge on any atom is 0.252 e. The standard InChI is InChI=1S/C109H69BN14/c1-10-32-71(33-11-1)90-69-91(72-56-54-70(55-57-72)82-67-97-99-98(68-82)123(84-48-26-9-27-49-84)96-53-31-29-51-89(96)110(99)88-50-28-30-52-95(88)122(97)83-46-24-8-25-47-83)112-109(111-90)87-66-81(108-120-104(77-42-20-6-21-43-77)115-105(121-108)78-44-22-7-23-45-78)60-63-94(87)124-92-61-58-79(106-116-100(73-34-12-2-13-35-73)113-101(117-106)74-36-14-3-15-37-74)64-85(92)86-65-80(59-62-93(86)124)107-118-102(75-38-16-4-17-39-75)114-103(119-107)76-40-18-5-19-41-76/h1-69H. The van der Waals surface area contributed by atoms with E-state index in [-0.39, 0.29) is 6.71 Å². The lowest BCUT2D eigenvalue weighted by Crippen LogP contribution is -2.61. The van der Waals surface area contributed by atoms with Crippen LogP contribution in [0.4, 0.5) is 34.1 Å². The molecule has 7 heterocycles. The highest BCUT2D eigenvalue weighted by Crippen LogP contribution is 2.48. The Bertz CT molecular complexity index is 7180. The molecule has 23 rings (SSSR count). The van der Waals surface area contributed by atoms with Crippen molar-refractivity contribution >= 4 is 79.0 Å². The van der Waals surface area contributed by atoms with E-state index < -0.39 is 0 Å². The molecule has 21 aromatic rings. The molecule has 0 bridgehead atoms. The van der Waals surface area contributed by atoms with Crippen LogP contribution in [0.3, 0.4) is 0 Å². The molecule has 0 spiro atoms. The zero-order valence-corrected chi connectivity index (χ0v) is 66.7. The number of fused-ring (bicyclic) bond motifs is 7. The third-order valence-electron chi connectivity index (χ3n) is 23.3. The van der Waals surface area contributed by atoms with Crippen LogP contribution in [0.2, 0.25) is 0 Å². The van der Waals surface area contributed by atoms with Gasteiger partial charge in [-0.05, 0) is 137 Å². The molecule has 578 valence electrons. The predicted molar refractivity (Wildman–Crippen MR) is 501 cm³/mol. The Morgan fingerprint density at radius 1 is 0.177 bits per heavy atom. The molecule has 0 unspecified atom stereocenters. The first-order valence-electron chi connectivity index (χ1n) is 41.4. The SMILES string of the molecule is c1ccc(-c2cc(-c3ccc(-c4cc5c6c(c4)N(c4ccccc4)c4ccccc4B6c4ccccc4N5c4ccccc4)cc3)nc(-c3cc(-c4nc(-c5ccccc5)nc(-c5ccccc5)n4)ccc3-n3c4ccc(-c5nc(-c6ccccc6)nc(-c6ccccc6)n5)cc4c4cc(-c5nc(-c6ccccc6)nc(-c6ccccc6)n5)ccc43)n2)cc1. The largest absolute Gasteiger partial charge is 0.311 e. The van der Waals surface area contributed by atoms with Gasteiger partial charge in [-0.25, -0.2) is 54.8 Å². The van der Waals surface area contributed by atoms with E-state index in [1.165, 1.54) is 16.4 Å². The first kappa shape index (κ1) is 72.3. The fourth-order valence-electron chi connectivity index (χ4n) is 17.5. The molecular formula is C109H69BN14. The van der Waals surface area contributed by atoms with Crippen LogP contribution >= 0.6 is 0 Å². The molecule has 0 amide bonds. The minimum absolute atomic E-state index is 0.0284. The van der Waals surface area contributed by atoms with E-state index in [1.54, 1.807) is 0 Å². The van der Waals surface area contributed by atoms with Gasteiger partial charge in [-0.1, -0.05) is 309 Å². The average Bonchev–Trinajstić information content (AvgIpc) is 0.862. The Morgan fingerprint density at radius 3 is 0.823 bits per heavy atom. The Balaban J connectivity index is 0.747. The number of anilines is 6. The van der Waals surface area contributed by atoms with E-state index in [0.29, 0.717) is 69.5 Å². The van der Waals surface area contributed by atoms with E-state index in [4.69, 9.17) is 54.8 Å². The van der Waals surface area contributed by atoms with Crippen molar-refractivity contribution in [3.8, 4) is 153 Å². The van der Waals surface area contributed by atoms with Gasteiger partial charge >= 0.3 is 0 Å².